The van der Waals surface area contributed by atoms with E-state index >= 15 is 0 Å². The van der Waals surface area contributed by atoms with Crippen LogP contribution in [-0.4, -0.2) is 28.9 Å². The molecule has 0 heterocycles. The first-order chi connectivity index (χ1) is 11.6. The Morgan fingerprint density at radius 3 is 2.83 bits per heavy atom. The van der Waals surface area contributed by atoms with Crippen molar-refractivity contribution < 1.29 is 9.90 Å². The minimum atomic E-state index is -0.407. The summed E-state index contributed by atoms with van der Waals surface area (Å²) in [6.07, 6.45) is 8.00. The molecular formula is C20H29NO2S. The van der Waals surface area contributed by atoms with Crippen molar-refractivity contribution in [2.45, 2.75) is 63.0 Å². The van der Waals surface area contributed by atoms with Gasteiger partial charge in [0.2, 0.25) is 5.91 Å². The fourth-order valence-electron chi connectivity index (χ4n) is 2.83. The van der Waals surface area contributed by atoms with Gasteiger partial charge < -0.3 is 10.4 Å². The number of hydrogen-bond donors (Lipinski definition) is 2. The third kappa shape index (κ3) is 6.33. The Balaban J connectivity index is 1.91. The number of rotatable bonds is 7. The third-order valence-electron chi connectivity index (χ3n) is 4.34. The Bertz CT molecular complexity index is 556. The molecule has 1 aliphatic carbocycles. The Morgan fingerprint density at radius 2 is 2.08 bits per heavy atom. The first-order valence-electron chi connectivity index (χ1n) is 8.94. The summed E-state index contributed by atoms with van der Waals surface area (Å²) in [5.41, 5.74) is 1.07. The van der Waals surface area contributed by atoms with E-state index in [1.807, 2.05) is 36.0 Å². The summed E-state index contributed by atoms with van der Waals surface area (Å²) in [7, 11) is 0. The van der Waals surface area contributed by atoms with E-state index in [-0.39, 0.29) is 11.9 Å². The maximum absolute atomic E-state index is 12.1. The molecule has 0 bridgehead atoms. The number of hydrogen-bond acceptors (Lipinski definition) is 3. The number of carbonyl (C=O) groups excluding carboxylic acids is 1. The third-order valence-corrected chi connectivity index (χ3v) is 5.47. The van der Waals surface area contributed by atoms with Crippen LogP contribution in [0.3, 0.4) is 0 Å². The lowest BCUT2D eigenvalue weighted by Gasteiger charge is -2.27. The summed E-state index contributed by atoms with van der Waals surface area (Å²) in [6.45, 7) is 4.47. The lowest BCUT2D eigenvalue weighted by Crippen LogP contribution is -2.44. The second kappa shape index (κ2) is 9.90. The molecule has 2 atom stereocenters. The highest BCUT2D eigenvalue weighted by Crippen LogP contribution is 2.25. The van der Waals surface area contributed by atoms with Gasteiger partial charge in [0.05, 0.1) is 12.1 Å². The van der Waals surface area contributed by atoms with Gasteiger partial charge in [-0.05, 0) is 48.6 Å². The highest BCUT2D eigenvalue weighted by atomic mass is 32.2. The molecule has 2 N–H and O–H groups in total. The molecule has 132 valence electrons. The Morgan fingerprint density at radius 1 is 1.33 bits per heavy atom. The van der Waals surface area contributed by atoms with Crippen molar-refractivity contribution in [1.29, 1.82) is 0 Å². The van der Waals surface area contributed by atoms with Crippen molar-refractivity contribution >= 4 is 23.7 Å². The van der Waals surface area contributed by atoms with Crippen molar-refractivity contribution in [1.82, 2.24) is 5.32 Å². The number of aliphatic hydroxyl groups excluding tert-OH is 1. The van der Waals surface area contributed by atoms with Gasteiger partial charge in [-0.15, -0.1) is 11.8 Å². The Labute approximate surface area is 149 Å². The molecule has 1 aliphatic rings. The normalized spacial score (nSPS) is 21.3. The van der Waals surface area contributed by atoms with E-state index in [1.54, 1.807) is 6.08 Å². The largest absolute Gasteiger partial charge is 0.391 e. The molecule has 0 radical (unpaired) electrons. The highest BCUT2D eigenvalue weighted by molar-refractivity contribution is 7.99. The lowest BCUT2D eigenvalue weighted by molar-refractivity contribution is -0.118. The molecule has 1 fully saturated rings. The van der Waals surface area contributed by atoms with Gasteiger partial charge in [-0.1, -0.05) is 44.9 Å². The van der Waals surface area contributed by atoms with Gasteiger partial charge in [0.1, 0.15) is 0 Å². The molecule has 0 aliphatic heterocycles. The van der Waals surface area contributed by atoms with Crippen molar-refractivity contribution in [3.8, 4) is 0 Å². The summed E-state index contributed by atoms with van der Waals surface area (Å²) >= 11 is 1.84. The number of amides is 1. The summed E-state index contributed by atoms with van der Waals surface area (Å²) in [5.74, 6) is 1.67. The van der Waals surface area contributed by atoms with Crippen molar-refractivity contribution in [2.75, 3.05) is 5.75 Å². The quantitative estimate of drug-likeness (QED) is 0.572. The summed E-state index contributed by atoms with van der Waals surface area (Å²) < 4.78 is 0. The molecule has 24 heavy (non-hydrogen) atoms. The van der Waals surface area contributed by atoms with Crippen LogP contribution in [0.25, 0.3) is 6.08 Å². The second-order valence-electron chi connectivity index (χ2n) is 6.87. The van der Waals surface area contributed by atoms with Crippen LogP contribution in [-0.2, 0) is 4.79 Å². The fraction of sp³-hybridized carbons (Fsp3) is 0.550. The van der Waals surface area contributed by atoms with Gasteiger partial charge >= 0.3 is 0 Å². The predicted molar refractivity (Wildman–Crippen MR) is 102 cm³/mol. The number of nitrogens with one attached hydrogen (secondary N) is 1. The molecule has 0 spiro atoms. The average Bonchev–Trinajstić information content (AvgIpc) is 2.56. The van der Waals surface area contributed by atoms with Crippen LogP contribution in [0.5, 0.6) is 0 Å². The Hall–Kier alpha value is -1.26. The standard InChI is InChI=1S/C20H29NO2S/c1-15(2)13-14-24-19-10-6-3-7-16(19)11-12-20(23)21-17-8-4-5-9-18(17)22/h3,6-7,10-12,15,17-18,22H,4-5,8-9,13-14H2,1-2H3,(H,21,23)/b12-11+. The zero-order valence-corrected chi connectivity index (χ0v) is 15.5. The maximum atomic E-state index is 12.1. The van der Waals surface area contributed by atoms with Crippen LogP contribution >= 0.6 is 11.8 Å². The molecule has 0 saturated heterocycles. The van der Waals surface area contributed by atoms with Crippen LogP contribution in [0.4, 0.5) is 0 Å². The molecule has 1 amide bonds. The van der Waals surface area contributed by atoms with E-state index in [4.69, 9.17) is 0 Å². The molecule has 2 rings (SSSR count). The van der Waals surface area contributed by atoms with Gasteiger partial charge in [0.15, 0.2) is 0 Å². The zero-order chi connectivity index (χ0) is 17.4. The lowest BCUT2D eigenvalue weighted by atomic mass is 9.92. The topological polar surface area (TPSA) is 49.3 Å². The highest BCUT2D eigenvalue weighted by Gasteiger charge is 2.23. The monoisotopic (exact) mass is 347 g/mol. The number of carbonyl (C=O) groups is 1. The van der Waals surface area contributed by atoms with E-state index in [2.05, 4.69) is 25.2 Å². The molecular weight excluding hydrogens is 318 g/mol. The van der Waals surface area contributed by atoms with Gasteiger partial charge in [-0.25, -0.2) is 0 Å². The summed E-state index contributed by atoms with van der Waals surface area (Å²) in [5, 5.41) is 12.9. The van der Waals surface area contributed by atoms with E-state index in [1.165, 1.54) is 11.3 Å². The van der Waals surface area contributed by atoms with Crippen molar-refractivity contribution in [3.63, 3.8) is 0 Å². The smallest absolute Gasteiger partial charge is 0.244 e. The number of thioether (sulfide) groups is 1. The van der Waals surface area contributed by atoms with E-state index in [0.29, 0.717) is 5.92 Å². The first kappa shape index (κ1) is 19.1. The molecule has 3 nitrogen and oxygen atoms in total. The molecule has 4 heteroatoms. The van der Waals surface area contributed by atoms with Crippen LogP contribution in [0, 0.1) is 5.92 Å². The first-order valence-corrected chi connectivity index (χ1v) is 9.93. The molecule has 2 unspecified atom stereocenters. The summed E-state index contributed by atoms with van der Waals surface area (Å²) in [4.78, 5) is 13.3. The average molecular weight is 348 g/mol. The summed E-state index contributed by atoms with van der Waals surface area (Å²) in [6, 6.07) is 8.07. The Kier molecular flexibility index (Phi) is 7.86. The molecule has 1 saturated carbocycles. The predicted octanol–water partition coefficient (Wildman–Crippen LogP) is 4.26. The van der Waals surface area contributed by atoms with Gasteiger partial charge in [0.25, 0.3) is 0 Å². The van der Waals surface area contributed by atoms with E-state index < -0.39 is 6.10 Å². The number of aliphatic hydroxyl groups is 1. The van der Waals surface area contributed by atoms with Crippen molar-refractivity contribution in [2.24, 2.45) is 5.92 Å². The minimum absolute atomic E-state index is 0.105. The molecule has 1 aromatic carbocycles. The van der Waals surface area contributed by atoms with Crippen LogP contribution in [0.15, 0.2) is 35.2 Å². The van der Waals surface area contributed by atoms with Gasteiger partial charge in [-0.2, -0.15) is 0 Å². The van der Waals surface area contributed by atoms with Crippen LogP contribution in [0.2, 0.25) is 0 Å². The van der Waals surface area contributed by atoms with Crippen molar-refractivity contribution in [3.05, 3.63) is 35.9 Å². The number of benzene rings is 1. The van der Waals surface area contributed by atoms with Gasteiger partial charge in [-0.3, -0.25) is 4.79 Å². The van der Waals surface area contributed by atoms with E-state index in [0.717, 1.165) is 37.0 Å². The SMILES string of the molecule is CC(C)CCSc1ccccc1/C=C/C(=O)NC1CCCCC1O. The van der Waals surface area contributed by atoms with Crippen LogP contribution in [0.1, 0.15) is 51.5 Å². The fourth-order valence-corrected chi connectivity index (χ4v) is 4.12. The minimum Gasteiger partial charge on any atom is -0.391 e. The molecule has 0 aromatic heterocycles. The van der Waals surface area contributed by atoms with Gasteiger partial charge in [0, 0.05) is 11.0 Å². The van der Waals surface area contributed by atoms with Crippen LogP contribution < -0.4 is 5.32 Å². The zero-order valence-electron chi connectivity index (χ0n) is 14.7. The maximum Gasteiger partial charge on any atom is 0.244 e. The van der Waals surface area contributed by atoms with E-state index in [9.17, 15) is 9.90 Å². The molecule has 1 aromatic rings. The second-order valence-corrected chi connectivity index (χ2v) is 8.01.